The third-order valence-electron chi connectivity index (χ3n) is 2.17. The zero-order chi connectivity index (χ0) is 12.6. The smallest absolute Gasteiger partial charge is 0.267 e. The fourth-order valence-corrected chi connectivity index (χ4v) is 1.79. The number of hydrogen-bond donors (Lipinski definition) is 0. The van der Waals surface area contributed by atoms with Crippen molar-refractivity contribution in [3.8, 4) is 11.3 Å². The lowest BCUT2D eigenvalue weighted by atomic mass is 10.2. The minimum Gasteiger partial charge on any atom is -0.267 e. The molecule has 0 aromatic carbocycles. The molecule has 0 saturated carbocycles. The summed E-state index contributed by atoms with van der Waals surface area (Å²) in [5, 5.41) is 3.44. The lowest BCUT2D eigenvalue weighted by molar-refractivity contribution is -0.141. The van der Waals surface area contributed by atoms with Gasteiger partial charge in [-0.2, -0.15) is 18.3 Å². The van der Waals surface area contributed by atoms with Gasteiger partial charge in [-0.3, -0.25) is 9.67 Å². The van der Waals surface area contributed by atoms with Crippen LogP contribution in [0.1, 0.15) is 5.69 Å². The SMILES string of the molecule is Cn1nc(C(F)(F)F)cc1-c1cncc(Br)c1. The summed E-state index contributed by atoms with van der Waals surface area (Å²) in [5.41, 5.74) is 0.0333. The van der Waals surface area contributed by atoms with Crippen LogP contribution in [-0.2, 0) is 13.2 Å². The highest BCUT2D eigenvalue weighted by atomic mass is 79.9. The van der Waals surface area contributed by atoms with Crippen molar-refractivity contribution in [2.75, 3.05) is 0 Å². The van der Waals surface area contributed by atoms with Crippen molar-refractivity contribution in [1.82, 2.24) is 14.8 Å². The predicted molar refractivity (Wildman–Crippen MR) is 59.1 cm³/mol. The van der Waals surface area contributed by atoms with Crippen LogP contribution < -0.4 is 0 Å². The molecule has 0 unspecified atom stereocenters. The van der Waals surface area contributed by atoms with E-state index in [0.717, 1.165) is 6.07 Å². The first kappa shape index (κ1) is 12.1. The average molecular weight is 306 g/mol. The Morgan fingerprint density at radius 2 is 1.94 bits per heavy atom. The zero-order valence-corrected chi connectivity index (χ0v) is 10.2. The molecule has 7 heteroatoms. The van der Waals surface area contributed by atoms with Crippen LogP contribution in [0.3, 0.4) is 0 Å². The summed E-state index contributed by atoms with van der Waals surface area (Å²) in [6.45, 7) is 0. The molecule has 0 fully saturated rings. The second-order valence-electron chi connectivity index (χ2n) is 3.43. The maximum Gasteiger partial charge on any atom is 0.435 e. The van der Waals surface area contributed by atoms with Gasteiger partial charge in [-0.25, -0.2) is 0 Å². The Hall–Kier alpha value is -1.37. The van der Waals surface area contributed by atoms with Gasteiger partial charge in [0, 0.05) is 29.5 Å². The molecule has 0 N–H and O–H groups in total. The number of alkyl halides is 3. The first-order chi connectivity index (χ1) is 7.88. The standard InChI is InChI=1S/C10H7BrF3N3/c1-17-8(3-9(16-17)10(12,13)14)6-2-7(11)5-15-4-6/h2-5H,1H3. The van der Waals surface area contributed by atoms with E-state index < -0.39 is 11.9 Å². The van der Waals surface area contributed by atoms with Gasteiger partial charge in [0.15, 0.2) is 5.69 Å². The summed E-state index contributed by atoms with van der Waals surface area (Å²) in [4.78, 5) is 3.90. The molecular weight excluding hydrogens is 299 g/mol. The second-order valence-corrected chi connectivity index (χ2v) is 4.34. The highest BCUT2D eigenvalue weighted by Crippen LogP contribution is 2.31. The summed E-state index contributed by atoms with van der Waals surface area (Å²) < 4.78 is 39.3. The fraction of sp³-hybridized carbons (Fsp3) is 0.200. The van der Waals surface area contributed by atoms with Crippen molar-refractivity contribution >= 4 is 15.9 Å². The minimum atomic E-state index is -4.44. The van der Waals surface area contributed by atoms with E-state index in [2.05, 4.69) is 26.0 Å². The van der Waals surface area contributed by atoms with Crippen LogP contribution in [0.5, 0.6) is 0 Å². The number of aryl methyl sites for hydroxylation is 1. The first-order valence-corrected chi connectivity index (χ1v) is 5.39. The van der Waals surface area contributed by atoms with Gasteiger partial charge in [-0.05, 0) is 28.1 Å². The molecule has 2 rings (SSSR count). The number of hydrogen-bond acceptors (Lipinski definition) is 2. The molecular formula is C10H7BrF3N3. The number of pyridine rings is 1. The maximum absolute atomic E-state index is 12.5. The van der Waals surface area contributed by atoms with Gasteiger partial charge in [-0.15, -0.1) is 0 Å². The summed E-state index contributed by atoms with van der Waals surface area (Å²) in [5.74, 6) is 0. The summed E-state index contributed by atoms with van der Waals surface area (Å²) in [7, 11) is 1.46. The average Bonchev–Trinajstić information content (AvgIpc) is 2.60. The van der Waals surface area contributed by atoms with Crippen LogP contribution in [0.15, 0.2) is 29.0 Å². The van der Waals surface area contributed by atoms with Gasteiger partial charge in [0.25, 0.3) is 0 Å². The van der Waals surface area contributed by atoms with E-state index >= 15 is 0 Å². The molecule has 17 heavy (non-hydrogen) atoms. The highest BCUT2D eigenvalue weighted by molar-refractivity contribution is 9.10. The molecule has 90 valence electrons. The van der Waals surface area contributed by atoms with Crippen LogP contribution in [0.4, 0.5) is 13.2 Å². The van der Waals surface area contributed by atoms with Crippen molar-refractivity contribution in [2.24, 2.45) is 7.05 Å². The quantitative estimate of drug-likeness (QED) is 0.809. The van der Waals surface area contributed by atoms with Gasteiger partial charge < -0.3 is 0 Å². The van der Waals surface area contributed by atoms with Gasteiger partial charge in [0.2, 0.25) is 0 Å². The van der Waals surface area contributed by atoms with Gasteiger partial charge in [-0.1, -0.05) is 0 Å². The molecule has 2 aromatic rings. The largest absolute Gasteiger partial charge is 0.435 e. The number of halogens is 4. The Labute approximate surface area is 103 Å². The maximum atomic E-state index is 12.5. The molecule has 2 heterocycles. The Balaban J connectivity index is 2.50. The Morgan fingerprint density at radius 3 is 2.47 bits per heavy atom. The van der Waals surface area contributed by atoms with E-state index in [0.29, 0.717) is 15.7 Å². The summed E-state index contributed by atoms with van der Waals surface area (Å²) in [6, 6.07) is 2.69. The number of nitrogens with zero attached hydrogens (tertiary/aromatic N) is 3. The zero-order valence-electron chi connectivity index (χ0n) is 8.66. The molecule has 0 aliphatic rings. The van der Waals surface area contributed by atoms with E-state index in [1.165, 1.54) is 17.9 Å². The lowest BCUT2D eigenvalue weighted by Crippen LogP contribution is -2.06. The van der Waals surface area contributed by atoms with Crippen molar-refractivity contribution < 1.29 is 13.2 Å². The van der Waals surface area contributed by atoms with Gasteiger partial charge >= 0.3 is 6.18 Å². The Morgan fingerprint density at radius 1 is 1.24 bits per heavy atom. The van der Waals surface area contributed by atoms with Crippen LogP contribution >= 0.6 is 15.9 Å². The lowest BCUT2D eigenvalue weighted by Gasteiger charge is -2.00. The van der Waals surface area contributed by atoms with Crippen molar-refractivity contribution in [3.05, 3.63) is 34.7 Å². The van der Waals surface area contributed by atoms with Gasteiger partial charge in [0.1, 0.15) is 0 Å². The van der Waals surface area contributed by atoms with E-state index in [-0.39, 0.29) is 0 Å². The Kier molecular flexibility index (Phi) is 2.94. The highest BCUT2D eigenvalue weighted by Gasteiger charge is 2.34. The second kappa shape index (κ2) is 4.14. The third kappa shape index (κ3) is 2.49. The molecule has 0 aliphatic carbocycles. The molecule has 0 aliphatic heterocycles. The van der Waals surface area contributed by atoms with Crippen LogP contribution in [0.25, 0.3) is 11.3 Å². The monoisotopic (exact) mass is 305 g/mol. The molecule has 0 saturated heterocycles. The van der Waals surface area contributed by atoms with Crippen LogP contribution in [0.2, 0.25) is 0 Å². The molecule has 0 bridgehead atoms. The molecule has 0 spiro atoms. The third-order valence-corrected chi connectivity index (χ3v) is 2.60. The van der Waals surface area contributed by atoms with Crippen molar-refractivity contribution in [2.45, 2.75) is 6.18 Å². The molecule has 0 radical (unpaired) electrons. The molecule has 0 amide bonds. The summed E-state index contributed by atoms with van der Waals surface area (Å²) in [6.07, 6.45) is -1.39. The van der Waals surface area contributed by atoms with Crippen LogP contribution in [-0.4, -0.2) is 14.8 Å². The van der Waals surface area contributed by atoms with Crippen molar-refractivity contribution in [3.63, 3.8) is 0 Å². The molecule has 3 nitrogen and oxygen atoms in total. The van der Waals surface area contributed by atoms with E-state index in [1.54, 1.807) is 12.3 Å². The van der Waals surface area contributed by atoms with Crippen LogP contribution in [0, 0.1) is 0 Å². The topological polar surface area (TPSA) is 30.7 Å². The summed E-state index contributed by atoms with van der Waals surface area (Å²) >= 11 is 3.22. The van der Waals surface area contributed by atoms with Gasteiger partial charge in [0.05, 0.1) is 5.69 Å². The normalized spacial score (nSPS) is 11.8. The molecule has 0 atom stereocenters. The van der Waals surface area contributed by atoms with E-state index in [4.69, 9.17) is 0 Å². The number of rotatable bonds is 1. The van der Waals surface area contributed by atoms with E-state index in [9.17, 15) is 13.2 Å². The fourth-order valence-electron chi connectivity index (χ4n) is 1.43. The predicted octanol–water partition coefficient (Wildman–Crippen LogP) is 3.26. The molecule has 2 aromatic heterocycles. The van der Waals surface area contributed by atoms with E-state index in [1.807, 2.05) is 0 Å². The first-order valence-electron chi connectivity index (χ1n) is 4.60. The minimum absolute atomic E-state index is 0.367. The number of aromatic nitrogens is 3. The Bertz CT molecular complexity index is 548. The van der Waals surface area contributed by atoms with Crippen molar-refractivity contribution in [1.29, 1.82) is 0 Å².